The van der Waals surface area contributed by atoms with E-state index in [0.29, 0.717) is 18.0 Å². The number of carbonyl (C=O) groups is 2. The number of pyridine rings is 1. The zero-order valence-corrected chi connectivity index (χ0v) is 16.4. The summed E-state index contributed by atoms with van der Waals surface area (Å²) in [4.78, 5) is 27.6. The zero-order valence-electron chi connectivity index (χ0n) is 16.4. The lowest BCUT2D eigenvalue weighted by molar-refractivity contribution is -0.124. The monoisotopic (exact) mass is 392 g/mol. The molecule has 1 aromatic heterocycles. The van der Waals surface area contributed by atoms with E-state index >= 15 is 0 Å². The number of hydrogen-bond donors (Lipinski definition) is 4. The van der Waals surface area contributed by atoms with Crippen molar-refractivity contribution >= 4 is 23.7 Å². The number of amides is 2. The maximum atomic E-state index is 14.4. The minimum atomic E-state index is -0.725. The van der Waals surface area contributed by atoms with Crippen LogP contribution in [0.25, 0.3) is 6.08 Å². The van der Waals surface area contributed by atoms with E-state index in [4.69, 9.17) is 5.21 Å². The zero-order chi connectivity index (χ0) is 20.5. The molecule has 0 spiro atoms. The Morgan fingerprint density at radius 3 is 2.64 bits per heavy atom. The van der Waals surface area contributed by atoms with Crippen LogP contribution in [0.15, 0.2) is 18.3 Å². The van der Waals surface area contributed by atoms with Crippen LogP contribution in [0, 0.1) is 17.7 Å². The van der Waals surface area contributed by atoms with Gasteiger partial charge >= 0.3 is 0 Å². The lowest BCUT2D eigenvalue weighted by Crippen LogP contribution is -2.45. The lowest BCUT2D eigenvalue weighted by atomic mass is 9.89. The number of anilines is 1. The summed E-state index contributed by atoms with van der Waals surface area (Å²) >= 11 is 0. The fourth-order valence-electron chi connectivity index (χ4n) is 3.29. The molecule has 1 aliphatic rings. The Labute approximate surface area is 164 Å². The Hall–Kier alpha value is -2.48. The fraction of sp³-hybridized carbons (Fsp3) is 0.550. The van der Waals surface area contributed by atoms with Crippen molar-refractivity contribution in [3.63, 3.8) is 0 Å². The first-order valence-corrected chi connectivity index (χ1v) is 9.72. The number of halogens is 1. The number of rotatable bonds is 8. The second-order valence-corrected chi connectivity index (χ2v) is 7.52. The van der Waals surface area contributed by atoms with E-state index in [9.17, 15) is 14.0 Å². The minimum absolute atomic E-state index is 0.0183. The normalized spacial score (nSPS) is 16.2. The van der Waals surface area contributed by atoms with Crippen LogP contribution in [0.4, 0.5) is 10.2 Å². The second-order valence-electron chi connectivity index (χ2n) is 7.52. The molecule has 7 nitrogen and oxygen atoms in total. The smallest absolute Gasteiger partial charge is 0.267 e. The van der Waals surface area contributed by atoms with E-state index in [1.54, 1.807) is 0 Å². The average molecular weight is 392 g/mol. The number of nitrogens with one attached hydrogen (secondary N) is 3. The number of hydroxylamine groups is 1. The molecule has 1 saturated carbocycles. The van der Waals surface area contributed by atoms with Crippen LogP contribution >= 0.6 is 0 Å². The highest BCUT2D eigenvalue weighted by Crippen LogP contribution is 2.23. The molecule has 154 valence electrons. The van der Waals surface area contributed by atoms with Crippen LogP contribution in [-0.4, -0.2) is 34.6 Å². The molecule has 4 N–H and O–H groups in total. The van der Waals surface area contributed by atoms with Gasteiger partial charge in [0.15, 0.2) is 11.6 Å². The van der Waals surface area contributed by atoms with Gasteiger partial charge in [-0.1, -0.05) is 33.1 Å². The van der Waals surface area contributed by atoms with E-state index < -0.39 is 17.8 Å². The number of carbonyl (C=O) groups excluding carboxylic acids is 2. The first-order chi connectivity index (χ1) is 13.4. The highest BCUT2D eigenvalue weighted by Gasteiger charge is 2.24. The number of hydrogen-bond acceptors (Lipinski definition) is 5. The Morgan fingerprint density at radius 1 is 1.32 bits per heavy atom. The molecule has 8 heteroatoms. The van der Waals surface area contributed by atoms with E-state index in [1.807, 2.05) is 13.8 Å². The maximum Gasteiger partial charge on any atom is 0.267 e. The van der Waals surface area contributed by atoms with Gasteiger partial charge in [0.25, 0.3) is 5.91 Å². The van der Waals surface area contributed by atoms with Gasteiger partial charge in [0.1, 0.15) is 6.04 Å². The quantitative estimate of drug-likeness (QED) is 0.309. The molecule has 0 aliphatic heterocycles. The van der Waals surface area contributed by atoms with Gasteiger partial charge in [0.2, 0.25) is 5.91 Å². The van der Waals surface area contributed by atoms with Crippen LogP contribution in [0.3, 0.4) is 0 Å². The van der Waals surface area contributed by atoms with Crippen LogP contribution in [-0.2, 0) is 9.59 Å². The van der Waals surface area contributed by atoms with Crippen LogP contribution in [0.1, 0.15) is 51.5 Å². The van der Waals surface area contributed by atoms with Crippen molar-refractivity contribution in [3.8, 4) is 0 Å². The van der Waals surface area contributed by atoms with Crippen LogP contribution in [0.2, 0.25) is 0 Å². The molecule has 0 unspecified atom stereocenters. The Kier molecular flexibility index (Phi) is 8.38. The van der Waals surface area contributed by atoms with E-state index in [2.05, 4.69) is 15.6 Å². The molecular weight excluding hydrogens is 363 g/mol. The van der Waals surface area contributed by atoms with Gasteiger partial charge < -0.3 is 10.6 Å². The Balaban J connectivity index is 1.99. The highest BCUT2D eigenvalue weighted by molar-refractivity contribution is 5.90. The summed E-state index contributed by atoms with van der Waals surface area (Å²) in [7, 11) is 0. The molecule has 1 aliphatic carbocycles. The predicted octanol–water partition coefficient (Wildman–Crippen LogP) is 2.87. The SMILES string of the molecule is CC(C)[C@@H](Nc1ncc(C=CC(=O)NO)cc1F)C(=O)NCC1CCCCC1. The predicted molar refractivity (Wildman–Crippen MR) is 105 cm³/mol. The third-order valence-electron chi connectivity index (χ3n) is 4.93. The first kappa shape index (κ1) is 21.8. The molecule has 2 rings (SSSR count). The van der Waals surface area contributed by atoms with Crippen molar-refractivity contribution in [1.29, 1.82) is 0 Å². The van der Waals surface area contributed by atoms with E-state index in [0.717, 1.165) is 18.9 Å². The summed E-state index contributed by atoms with van der Waals surface area (Å²) in [5.74, 6) is -1.07. The Morgan fingerprint density at radius 2 is 2.04 bits per heavy atom. The molecule has 0 aromatic carbocycles. The van der Waals surface area contributed by atoms with Crippen molar-refractivity contribution in [3.05, 3.63) is 29.7 Å². The van der Waals surface area contributed by atoms with Crippen molar-refractivity contribution in [2.45, 2.75) is 52.0 Å². The highest BCUT2D eigenvalue weighted by atomic mass is 19.1. The fourth-order valence-corrected chi connectivity index (χ4v) is 3.29. The molecule has 0 saturated heterocycles. The van der Waals surface area contributed by atoms with Gasteiger partial charge in [-0.25, -0.2) is 14.9 Å². The van der Waals surface area contributed by atoms with Gasteiger partial charge in [-0.15, -0.1) is 0 Å². The molecule has 0 radical (unpaired) electrons. The number of aromatic nitrogens is 1. The van der Waals surface area contributed by atoms with Gasteiger partial charge in [-0.2, -0.15) is 0 Å². The van der Waals surface area contributed by atoms with Gasteiger partial charge in [0, 0.05) is 18.8 Å². The number of nitrogens with zero attached hydrogens (tertiary/aromatic N) is 1. The summed E-state index contributed by atoms with van der Waals surface area (Å²) in [5, 5.41) is 14.3. The minimum Gasteiger partial charge on any atom is -0.356 e. The van der Waals surface area contributed by atoms with Gasteiger partial charge in [-0.05, 0) is 42.4 Å². The molecular formula is C20H29FN4O3. The molecule has 1 heterocycles. The third-order valence-corrected chi connectivity index (χ3v) is 4.93. The molecule has 28 heavy (non-hydrogen) atoms. The van der Waals surface area contributed by atoms with Crippen LogP contribution < -0.4 is 16.1 Å². The Bertz CT molecular complexity index is 703. The van der Waals surface area contributed by atoms with Crippen molar-refractivity contribution < 1.29 is 19.2 Å². The van der Waals surface area contributed by atoms with Gasteiger partial charge in [-0.3, -0.25) is 14.8 Å². The summed E-state index contributed by atoms with van der Waals surface area (Å²) in [6.45, 7) is 4.43. The molecule has 1 fully saturated rings. The van der Waals surface area contributed by atoms with Crippen LogP contribution in [0.5, 0.6) is 0 Å². The third kappa shape index (κ3) is 6.60. The van der Waals surface area contributed by atoms with Crippen molar-refractivity contribution in [2.24, 2.45) is 11.8 Å². The summed E-state index contributed by atoms with van der Waals surface area (Å²) in [6.07, 6.45) is 9.72. The topological polar surface area (TPSA) is 103 Å². The molecule has 2 amide bonds. The molecule has 1 atom stereocenters. The van der Waals surface area contributed by atoms with Crippen molar-refractivity contribution in [2.75, 3.05) is 11.9 Å². The van der Waals surface area contributed by atoms with E-state index in [1.165, 1.54) is 43.1 Å². The molecule has 1 aromatic rings. The summed E-state index contributed by atoms with van der Waals surface area (Å²) < 4.78 is 14.4. The average Bonchev–Trinajstić information content (AvgIpc) is 2.70. The van der Waals surface area contributed by atoms with Crippen molar-refractivity contribution in [1.82, 2.24) is 15.8 Å². The van der Waals surface area contributed by atoms with E-state index in [-0.39, 0.29) is 17.6 Å². The van der Waals surface area contributed by atoms with Gasteiger partial charge in [0.05, 0.1) is 0 Å². The summed E-state index contributed by atoms with van der Waals surface area (Å²) in [6, 6.07) is 0.598. The first-order valence-electron chi connectivity index (χ1n) is 9.72. The largest absolute Gasteiger partial charge is 0.356 e. The summed E-state index contributed by atoms with van der Waals surface area (Å²) in [5.41, 5.74) is 1.81. The maximum absolute atomic E-state index is 14.4. The molecule has 0 bridgehead atoms. The lowest BCUT2D eigenvalue weighted by Gasteiger charge is -2.26. The standard InChI is InChI=1S/C20H29FN4O3/c1-13(2)18(20(27)23-11-14-6-4-3-5-7-14)24-19-16(21)10-15(12-22-19)8-9-17(26)25-28/h8-10,12-14,18,28H,3-7,11H2,1-2H3,(H,22,24)(H,23,27)(H,25,26)/t18-/m1/s1. The second kappa shape index (κ2) is 10.8.